The zero-order chi connectivity index (χ0) is 22.5. The predicted molar refractivity (Wildman–Crippen MR) is 119 cm³/mol. The summed E-state index contributed by atoms with van der Waals surface area (Å²) in [5.74, 6) is 0.899. The highest BCUT2D eigenvalue weighted by atomic mass is 32.2. The monoisotopic (exact) mass is 444 g/mol. The topological polar surface area (TPSA) is 88.1 Å². The number of nitrogens with one attached hydrogen (secondary N) is 1. The van der Waals surface area contributed by atoms with Crippen LogP contribution in [0.3, 0.4) is 0 Å². The summed E-state index contributed by atoms with van der Waals surface area (Å²) in [6, 6.07) is 16.9. The van der Waals surface area contributed by atoms with E-state index in [1.165, 1.54) is 11.8 Å². The Bertz CT molecular complexity index is 906. The molecule has 0 bridgehead atoms. The van der Waals surface area contributed by atoms with E-state index in [9.17, 15) is 14.8 Å². The molecule has 0 aromatic heterocycles. The summed E-state index contributed by atoms with van der Waals surface area (Å²) >= 11 is 1.37. The van der Waals surface area contributed by atoms with Crippen LogP contribution in [0.15, 0.2) is 59.5 Å². The fraction of sp³-hybridized carbons (Fsp3) is 0.391. The average molecular weight is 445 g/mol. The summed E-state index contributed by atoms with van der Waals surface area (Å²) < 4.78 is 10.4. The van der Waals surface area contributed by atoms with Crippen LogP contribution in [-0.2, 0) is 9.53 Å². The van der Waals surface area contributed by atoms with Gasteiger partial charge in [0.25, 0.3) is 5.91 Å². The maximum Gasteiger partial charge on any atom is 0.410 e. The molecule has 31 heavy (non-hydrogen) atoms. The highest BCUT2D eigenvalue weighted by molar-refractivity contribution is 8.01. The van der Waals surface area contributed by atoms with Crippen LogP contribution in [0.5, 0.6) is 11.5 Å². The molecule has 2 N–H and O–H groups in total. The number of carbonyl (C=O) groups is 2. The molecule has 3 rings (SSSR count). The lowest BCUT2D eigenvalue weighted by Crippen LogP contribution is -2.53. The second-order valence-electron chi connectivity index (χ2n) is 8.39. The molecule has 166 valence electrons. The molecular formula is C23H28N2O5S. The van der Waals surface area contributed by atoms with Gasteiger partial charge in [-0.25, -0.2) is 10.3 Å². The Morgan fingerprint density at radius 2 is 1.68 bits per heavy atom. The van der Waals surface area contributed by atoms with Gasteiger partial charge >= 0.3 is 6.09 Å². The minimum Gasteiger partial charge on any atom is -0.457 e. The Morgan fingerprint density at radius 3 is 2.29 bits per heavy atom. The van der Waals surface area contributed by atoms with Crippen molar-refractivity contribution in [3.05, 3.63) is 54.6 Å². The Labute approximate surface area is 186 Å². The second kappa shape index (κ2) is 9.62. The molecule has 2 aromatic rings. The van der Waals surface area contributed by atoms with Gasteiger partial charge in [0.2, 0.25) is 0 Å². The van der Waals surface area contributed by atoms with Gasteiger partial charge in [-0.15, -0.1) is 11.8 Å². The lowest BCUT2D eigenvalue weighted by molar-refractivity contribution is -0.133. The van der Waals surface area contributed by atoms with E-state index in [0.29, 0.717) is 31.7 Å². The number of hydrogen-bond donors (Lipinski definition) is 2. The van der Waals surface area contributed by atoms with Crippen LogP contribution >= 0.6 is 11.8 Å². The van der Waals surface area contributed by atoms with Crippen LogP contribution in [0.25, 0.3) is 0 Å². The lowest BCUT2D eigenvalue weighted by atomic mass is 9.95. The molecule has 0 unspecified atom stereocenters. The summed E-state index contributed by atoms with van der Waals surface area (Å²) in [5.41, 5.74) is 1.23. The van der Waals surface area contributed by atoms with Gasteiger partial charge in [0.05, 0.1) is 0 Å². The molecule has 7 nitrogen and oxygen atoms in total. The number of para-hydroxylation sites is 1. The Balaban J connectivity index is 1.72. The van der Waals surface area contributed by atoms with Crippen LogP contribution in [-0.4, -0.2) is 45.5 Å². The normalized spacial score (nSPS) is 15.8. The zero-order valence-corrected chi connectivity index (χ0v) is 18.8. The summed E-state index contributed by atoms with van der Waals surface area (Å²) in [4.78, 5) is 27.4. The minimum absolute atomic E-state index is 0.357. The van der Waals surface area contributed by atoms with Gasteiger partial charge in [-0.3, -0.25) is 10.0 Å². The van der Waals surface area contributed by atoms with Gasteiger partial charge in [0, 0.05) is 18.0 Å². The highest BCUT2D eigenvalue weighted by Gasteiger charge is 2.44. The van der Waals surface area contributed by atoms with Crippen molar-refractivity contribution in [2.75, 3.05) is 13.1 Å². The molecule has 1 heterocycles. The van der Waals surface area contributed by atoms with E-state index < -0.39 is 22.3 Å². The highest BCUT2D eigenvalue weighted by Crippen LogP contribution is 2.42. The first kappa shape index (κ1) is 23.0. The molecule has 1 aliphatic rings. The number of carbonyl (C=O) groups excluding carboxylic acids is 2. The first-order chi connectivity index (χ1) is 14.7. The fourth-order valence-corrected chi connectivity index (χ4v) is 4.60. The van der Waals surface area contributed by atoms with Crippen LogP contribution in [0, 0.1) is 0 Å². The molecule has 0 spiro atoms. The number of hydroxylamine groups is 1. The number of amides is 2. The lowest BCUT2D eigenvalue weighted by Gasteiger charge is -2.39. The number of hydrogen-bond acceptors (Lipinski definition) is 6. The number of piperidine rings is 1. The number of nitrogens with zero attached hydrogens (tertiary/aromatic N) is 1. The van der Waals surface area contributed by atoms with E-state index in [0.717, 1.165) is 10.6 Å². The number of benzene rings is 2. The van der Waals surface area contributed by atoms with Gasteiger partial charge < -0.3 is 14.4 Å². The maximum atomic E-state index is 12.6. The Kier molecular flexibility index (Phi) is 7.12. The van der Waals surface area contributed by atoms with Crippen LogP contribution in [0.1, 0.15) is 33.6 Å². The number of ether oxygens (including phenoxy) is 2. The third-order valence-corrected chi connectivity index (χ3v) is 6.31. The Morgan fingerprint density at radius 1 is 1.03 bits per heavy atom. The minimum atomic E-state index is -0.904. The molecule has 2 aromatic carbocycles. The van der Waals surface area contributed by atoms with E-state index in [1.54, 1.807) is 10.4 Å². The summed E-state index contributed by atoms with van der Waals surface area (Å²) in [5, 5.41) is 9.36. The van der Waals surface area contributed by atoms with Crippen molar-refractivity contribution in [1.29, 1.82) is 0 Å². The van der Waals surface area contributed by atoms with Crippen LogP contribution < -0.4 is 10.2 Å². The molecule has 1 fully saturated rings. The molecular weight excluding hydrogens is 416 g/mol. The molecule has 0 atom stereocenters. The van der Waals surface area contributed by atoms with Crippen molar-refractivity contribution >= 4 is 23.8 Å². The van der Waals surface area contributed by atoms with E-state index in [4.69, 9.17) is 9.47 Å². The van der Waals surface area contributed by atoms with Crippen LogP contribution in [0.4, 0.5) is 4.79 Å². The van der Waals surface area contributed by atoms with Gasteiger partial charge in [0.15, 0.2) is 0 Å². The van der Waals surface area contributed by atoms with Crippen molar-refractivity contribution in [1.82, 2.24) is 10.4 Å². The van der Waals surface area contributed by atoms with Crippen molar-refractivity contribution < 1.29 is 24.3 Å². The smallest absolute Gasteiger partial charge is 0.410 e. The summed E-state index contributed by atoms with van der Waals surface area (Å²) in [6.07, 6.45) is 0.369. The molecule has 0 radical (unpaired) electrons. The number of rotatable bonds is 5. The van der Waals surface area contributed by atoms with E-state index >= 15 is 0 Å². The van der Waals surface area contributed by atoms with Gasteiger partial charge in [-0.2, -0.15) is 0 Å². The molecule has 1 saturated heterocycles. The standard InChI is InChI=1S/C23H28N2O5S/c1-22(2,3)30-21(27)25-14-12-23(13-15-25,20(26)24-28)31-19-11-7-10-18(16-19)29-17-8-5-4-6-9-17/h4-11,16,28H,12-15H2,1-3H3,(H,24,26). The third kappa shape index (κ3) is 6.15. The van der Waals surface area contributed by atoms with E-state index in [1.807, 2.05) is 75.4 Å². The Hall–Kier alpha value is -2.71. The van der Waals surface area contributed by atoms with Gasteiger partial charge in [-0.1, -0.05) is 24.3 Å². The van der Waals surface area contributed by atoms with Gasteiger partial charge in [-0.05, 0) is 63.9 Å². The average Bonchev–Trinajstić information content (AvgIpc) is 2.73. The molecule has 2 amide bonds. The molecule has 1 aliphatic heterocycles. The maximum absolute atomic E-state index is 12.6. The van der Waals surface area contributed by atoms with E-state index in [2.05, 4.69) is 0 Å². The van der Waals surface area contributed by atoms with E-state index in [-0.39, 0.29) is 0 Å². The van der Waals surface area contributed by atoms with Crippen molar-refractivity contribution in [2.24, 2.45) is 0 Å². The first-order valence-corrected chi connectivity index (χ1v) is 11.0. The van der Waals surface area contributed by atoms with Crippen LogP contribution in [0.2, 0.25) is 0 Å². The van der Waals surface area contributed by atoms with Crippen molar-refractivity contribution in [2.45, 2.75) is 48.9 Å². The zero-order valence-electron chi connectivity index (χ0n) is 18.0. The second-order valence-corrected chi connectivity index (χ2v) is 9.85. The first-order valence-electron chi connectivity index (χ1n) is 10.2. The molecule has 8 heteroatoms. The number of thioether (sulfide) groups is 1. The fourth-order valence-electron chi connectivity index (χ4n) is 3.31. The van der Waals surface area contributed by atoms with Crippen molar-refractivity contribution in [3.63, 3.8) is 0 Å². The predicted octanol–water partition coefficient (Wildman–Crippen LogP) is 4.85. The molecule has 0 saturated carbocycles. The third-order valence-electron chi connectivity index (χ3n) is 4.84. The number of likely N-dealkylation sites (tertiary alicyclic amines) is 1. The van der Waals surface area contributed by atoms with Gasteiger partial charge in [0.1, 0.15) is 21.8 Å². The quantitative estimate of drug-likeness (QED) is 0.507. The summed E-state index contributed by atoms with van der Waals surface area (Å²) in [6.45, 7) is 6.17. The largest absolute Gasteiger partial charge is 0.457 e. The summed E-state index contributed by atoms with van der Waals surface area (Å²) in [7, 11) is 0. The van der Waals surface area contributed by atoms with Crippen molar-refractivity contribution in [3.8, 4) is 11.5 Å². The molecule has 0 aliphatic carbocycles. The SMILES string of the molecule is CC(C)(C)OC(=O)N1CCC(Sc2cccc(Oc3ccccc3)c2)(C(=O)NO)CC1.